The van der Waals surface area contributed by atoms with Crippen molar-refractivity contribution in [1.29, 1.82) is 0 Å². The number of amides is 1. The highest BCUT2D eigenvalue weighted by molar-refractivity contribution is 6.04. The maximum absolute atomic E-state index is 11.7. The van der Waals surface area contributed by atoms with E-state index in [2.05, 4.69) is 12.2 Å². The minimum Gasteiger partial charge on any atom is -0.480 e. The van der Waals surface area contributed by atoms with Gasteiger partial charge in [0, 0.05) is 6.54 Å². The first kappa shape index (κ1) is 16.0. The molecule has 0 aliphatic heterocycles. The second-order valence-electron chi connectivity index (χ2n) is 5.62. The first-order chi connectivity index (χ1) is 9.13. The van der Waals surface area contributed by atoms with Crippen molar-refractivity contribution in [3.8, 4) is 0 Å². The highest BCUT2D eigenvalue weighted by Gasteiger charge is 2.56. The van der Waals surface area contributed by atoms with Gasteiger partial charge in [-0.1, -0.05) is 51.9 Å². The molecule has 4 nitrogen and oxygen atoms in total. The molecule has 0 aromatic heterocycles. The van der Waals surface area contributed by atoms with Crippen LogP contribution in [0, 0.1) is 5.41 Å². The molecule has 0 aromatic rings. The van der Waals surface area contributed by atoms with Crippen LogP contribution in [0.4, 0.5) is 0 Å². The van der Waals surface area contributed by atoms with E-state index in [0.29, 0.717) is 19.4 Å². The molecule has 2 N–H and O–H groups in total. The molecular formula is C15H27NO3. The number of nitrogens with one attached hydrogen (secondary N) is 1. The summed E-state index contributed by atoms with van der Waals surface area (Å²) in [4.78, 5) is 22.6. The molecule has 1 saturated carbocycles. The van der Waals surface area contributed by atoms with E-state index in [1.165, 1.54) is 38.5 Å². The van der Waals surface area contributed by atoms with Crippen LogP contribution in [0.15, 0.2) is 0 Å². The fraction of sp³-hybridized carbons (Fsp3) is 0.867. The Morgan fingerprint density at radius 1 is 1.00 bits per heavy atom. The Labute approximate surface area is 116 Å². The second kappa shape index (κ2) is 8.18. The average molecular weight is 269 g/mol. The van der Waals surface area contributed by atoms with Crippen molar-refractivity contribution in [1.82, 2.24) is 5.32 Å². The molecule has 0 saturated heterocycles. The van der Waals surface area contributed by atoms with Crippen molar-refractivity contribution in [2.45, 2.75) is 71.1 Å². The van der Waals surface area contributed by atoms with E-state index in [0.717, 1.165) is 12.8 Å². The Morgan fingerprint density at radius 3 is 2.00 bits per heavy atom. The van der Waals surface area contributed by atoms with Gasteiger partial charge < -0.3 is 10.4 Å². The maximum Gasteiger partial charge on any atom is 0.319 e. The summed E-state index contributed by atoms with van der Waals surface area (Å²) in [7, 11) is 0. The molecule has 1 aliphatic carbocycles. The smallest absolute Gasteiger partial charge is 0.319 e. The number of carboxylic acids is 1. The van der Waals surface area contributed by atoms with E-state index >= 15 is 0 Å². The largest absolute Gasteiger partial charge is 0.480 e. The molecule has 19 heavy (non-hydrogen) atoms. The number of hydrogen-bond acceptors (Lipinski definition) is 2. The molecule has 0 radical (unpaired) electrons. The van der Waals surface area contributed by atoms with Crippen LogP contribution in [0.1, 0.15) is 71.1 Å². The van der Waals surface area contributed by atoms with Crippen molar-refractivity contribution < 1.29 is 14.7 Å². The quantitative estimate of drug-likeness (QED) is 0.447. The molecule has 1 fully saturated rings. The average Bonchev–Trinajstić information content (AvgIpc) is 3.18. The third-order valence-corrected chi connectivity index (χ3v) is 3.91. The first-order valence-electron chi connectivity index (χ1n) is 7.65. The van der Waals surface area contributed by atoms with E-state index in [9.17, 15) is 9.59 Å². The van der Waals surface area contributed by atoms with Crippen molar-refractivity contribution in [2.24, 2.45) is 5.41 Å². The lowest BCUT2D eigenvalue weighted by Gasteiger charge is -2.10. The molecule has 1 amide bonds. The zero-order chi connectivity index (χ0) is 14.1. The van der Waals surface area contributed by atoms with Crippen LogP contribution in [0.3, 0.4) is 0 Å². The summed E-state index contributed by atoms with van der Waals surface area (Å²) in [6.45, 7) is 2.83. The fourth-order valence-electron chi connectivity index (χ4n) is 2.29. The molecule has 110 valence electrons. The molecule has 1 aliphatic rings. The summed E-state index contributed by atoms with van der Waals surface area (Å²) in [5.74, 6) is -1.26. The number of carboxylic acid groups (broad SMARTS) is 1. The summed E-state index contributed by atoms with van der Waals surface area (Å²) >= 11 is 0. The topological polar surface area (TPSA) is 66.4 Å². The number of rotatable bonds is 11. The summed E-state index contributed by atoms with van der Waals surface area (Å²) in [6, 6.07) is 0. The zero-order valence-corrected chi connectivity index (χ0v) is 12.0. The van der Waals surface area contributed by atoms with Gasteiger partial charge in [-0.3, -0.25) is 9.59 Å². The van der Waals surface area contributed by atoms with E-state index in [1.54, 1.807) is 0 Å². The van der Waals surface area contributed by atoms with Gasteiger partial charge in [0.25, 0.3) is 0 Å². The minimum atomic E-state index is -1.08. The predicted octanol–water partition coefficient (Wildman–Crippen LogP) is 3.11. The van der Waals surface area contributed by atoms with Crippen LogP contribution in [-0.4, -0.2) is 23.5 Å². The number of hydrogen-bond donors (Lipinski definition) is 2. The summed E-state index contributed by atoms with van der Waals surface area (Å²) in [5.41, 5.74) is -1.08. The lowest BCUT2D eigenvalue weighted by atomic mass is 10.1. The summed E-state index contributed by atoms with van der Waals surface area (Å²) < 4.78 is 0. The molecule has 0 unspecified atom stereocenters. The van der Waals surface area contributed by atoms with Crippen LogP contribution in [0.5, 0.6) is 0 Å². The van der Waals surface area contributed by atoms with Gasteiger partial charge in [0.2, 0.25) is 5.91 Å². The number of aliphatic carboxylic acids is 1. The highest BCUT2D eigenvalue weighted by atomic mass is 16.4. The van der Waals surface area contributed by atoms with Gasteiger partial charge in [-0.25, -0.2) is 0 Å². The van der Waals surface area contributed by atoms with Crippen molar-refractivity contribution >= 4 is 11.9 Å². The number of unbranched alkanes of at least 4 members (excludes halogenated alkanes) is 7. The predicted molar refractivity (Wildman–Crippen MR) is 74.9 cm³/mol. The summed E-state index contributed by atoms with van der Waals surface area (Å²) in [6.07, 6.45) is 10.8. The standard InChI is InChI=1S/C15H27NO3/c1-2-3-4-5-6-7-8-9-12-16-13(17)15(10-11-15)14(18)19/h2-12H2,1H3,(H,16,17)(H,18,19). The van der Waals surface area contributed by atoms with E-state index in [-0.39, 0.29) is 5.91 Å². The van der Waals surface area contributed by atoms with Crippen LogP contribution in [0.2, 0.25) is 0 Å². The van der Waals surface area contributed by atoms with Gasteiger partial charge in [-0.15, -0.1) is 0 Å². The van der Waals surface area contributed by atoms with Crippen LogP contribution < -0.4 is 5.32 Å². The van der Waals surface area contributed by atoms with E-state index in [1.807, 2.05) is 0 Å². The Hall–Kier alpha value is -1.06. The SMILES string of the molecule is CCCCCCCCCCNC(=O)C1(C(=O)O)CC1. The van der Waals surface area contributed by atoms with E-state index in [4.69, 9.17) is 5.11 Å². The van der Waals surface area contributed by atoms with Crippen molar-refractivity contribution in [3.63, 3.8) is 0 Å². The van der Waals surface area contributed by atoms with Gasteiger partial charge in [-0.05, 0) is 19.3 Å². The fourth-order valence-corrected chi connectivity index (χ4v) is 2.29. The van der Waals surface area contributed by atoms with Crippen molar-refractivity contribution in [2.75, 3.05) is 6.54 Å². The molecule has 0 aromatic carbocycles. The molecule has 0 bridgehead atoms. The normalized spacial score (nSPS) is 16.1. The van der Waals surface area contributed by atoms with Crippen LogP contribution >= 0.6 is 0 Å². The molecule has 0 atom stereocenters. The van der Waals surface area contributed by atoms with Gasteiger partial charge in [0.05, 0.1) is 0 Å². The van der Waals surface area contributed by atoms with Gasteiger partial charge in [0.1, 0.15) is 5.41 Å². The zero-order valence-electron chi connectivity index (χ0n) is 12.0. The first-order valence-corrected chi connectivity index (χ1v) is 7.65. The molecule has 0 heterocycles. The Bertz CT molecular complexity index is 298. The third kappa shape index (κ3) is 5.21. The number of carbonyl (C=O) groups excluding carboxylic acids is 1. The van der Waals surface area contributed by atoms with Gasteiger partial charge in [-0.2, -0.15) is 0 Å². The maximum atomic E-state index is 11.7. The third-order valence-electron chi connectivity index (χ3n) is 3.91. The van der Waals surface area contributed by atoms with Crippen LogP contribution in [0.25, 0.3) is 0 Å². The van der Waals surface area contributed by atoms with Gasteiger partial charge >= 0.3 is 5.97 Å². The molecular weight excluding hydrogens is 242 g/mol. The lowest BCUT2D eigenvalue weighted by molar-refractivity contribution is -0.149. The highest BCUT2D eigenvalue weighted by Crippen LogP contribution is 2.46. The number of carbonyl (C=O) groups is 2. The molecule has 0 spiro atoms. The monoisotopic (exact) mass is 269 g/mol. The second-order valence-corrected chi connectivity index (χ2v) is 5.62. The Kier molecular flexibility index (Phi) is 6.89. The minimum absolute atomic E-state index is 0.289. The Morgan fingerprint density at radius 2 is 1.53 bits per heavy atom. The van der Waals surface area contributed by atoms with Crippen molar-refractivity contribution in [3.05, 3.63) is 0 Å². The molecule has 4 heteroatoms. The Balaban J connectivity index is 1.94. The lowest BCUT2D eigenvalue weighted by Crippen LogP contribution is -2.37. The molecule has 1 rings (SSSR count). The van der Waals surface area contributed by atoms with Gasteiger partial charge in [0.15, 0.2) is 0 Å². The summed E-state index contributed by atoms with van der Waals surface area (Å²) in [5, 5.41) is 11.7. The van der Waals surface area contributed by atoms with E-state index < -0.39 is 11.4 Å². The van der Waals surface area contributed by atoms with Crippen LogP contribution in [-0.2, 0) is 9.59 Å².